The normalized spacial score (nSPS) is 42.7. The van der Waals surface area contributed by atoms with Crippen molar-refractivity contribution in [1.82, 2.24) is 0 Å². The summed E-state index contributed by atoms with van der Waals surface area (Å²) in [5.41, 5.74) is 0. The van der Waals surface area contributed by atoms with E-state index in [9.17, 15) is 5.11 Å². The highest BCUT2D eigenvalue weighted by atomic mass is 16.6. The molecule has 0 aromatic carbocycles. The topological polar surface area (TPSA) is 101 Å². The van der Waals surface area contributed by atoms with Crippen molar-refractivity contribution < 1.29 is 35.1 Å². The molecule has 0 amide bonds. The van der Waals surface area contributed by atoms with Crippen molar-refractivity contribution in [3.8, 4) is 0 Å². The highest BCUT2D eigenvalue weighted by Gasteiger charge is 2.22. The van der Waals surface area contributed by atoms with Crippen LogP contribution < -0.4 is 0 Å². The van der Waals surface area contributed by atoms with Crippen LogP contribution in [0.2, 0.25) is 0 Å². The summed E-state index contributed by atoms with van der Waals surface area (Å²) in [6, 6.07) is 0. The fourth-order valence-electron chi connectivity index (χ4n) is 0.218. The first-order valence-corrected chi connectivity index (χ1v) is 2.12. The first kappa shape index (κ1) is 3.04. The second kappa shape index (κ2) is 4.59. The first-order chi connectivity index (χ1) is 7.00. The minimum absolute atomic E-state index is 3.97. The molecule has 1 unspecified atom stereocenters. The van der Waals surface area contributed by atoms with E-state index >= 15 is 0 Å². The summed E-state index contributed by atoms with van der Waals surface area (Å²) in [7, 11) is 0. The fourth-order valence-corrected chi connectivity index (χ4v) is 0.218. The zero-order valence-corrected chi connectivity index (χ0v) is 4.74. The van der Waals surface area contributed by atoms with E-state index in [2.05, 4.69) is 0 Å². The van der Waals surface area contributed by atoms with Crippen LogP contribution in [0.3, 0.4) is 0 Å². The standard InChI is InChI=1S/C5H12O5/c6-1-3(8)5(10)4(9)2-7/h3-10H,1-2H2/t3-,4+,5?/i1+1D2,2+1D2,3+1D,4+1D,5+1D. The Morgan fingerprint density at radius 2 is 1.40 bits per heavy atom. The number of hydrogen-bond acceptors (Lipinski definition) is 5. The van der Waals surface area contributed by atoms with Crippen LogP contribution in [0.25, 0.3) is 0 Å². The molecule has 0 rings (SSSR count). The molecule has 0 aromatic heterocycles. The summed E-state index contributed by atoms with van der Waals surface area (Å²) in [5.74, 6) is 0. The van der Waals surface area contributed by atoms with Crippen molar-refractivity contribution in [2.45, 2.75) is 18.2 Å². The highest BCUT2D eigenvalue weighted by molar-refractivity contribution is 4.73. The summed E-state index contributed by atoms with van der Waals surface area (Å²) in [4.78, 5) is 0. The van der Waals surface area contributed by atoms with Gasteiger partial charge in [-0.25, -0.2) is 0 Å². The van der Waals surface area contributed by atoms with Crippen molar-refractivity contribution in [1.29, 1.82) is 0 Å². The van der Waals surface area contributed by atoms with E-state index in [4.69, 9.17) is 30.0 Å². The van der Waals surface area contributed by atoms with Gasteiger partial charge in [0.15, 0.2) is 0 Å². The average molecular weight is 164 g/mol. The van der Waals surface area contributed by atoms with Crippen molar-refractivity contribution in [2.75, 3.05) is 13.1 Å². The largest absolute Gasteiger partial charge is 0.394 e. The van der Waals surface area contributed by atoms with Crippen molar-refractivity contribution in [3.63, 3.8) is 0 Å². The molecule has 0 aliphatic heterocycles. The number of aliphatic hydroxyl groups is 5. The van der Waals surface area contributed by atoms with Crippen molar-refractivity contribution in [2.24, 2.45) is 0 Å². The van der Waals surface area contributed by atoms with Gasteiger partial charge in [0, 0.05) is 0 Å². The lowest BCUT2D eigenvalue weighted by molar-refractivity contribution is -0.0900. The van der Waals surface area contributed by atoms with Crippen LogP contribution in [0.15, 0.2) is 0 Å². The molecule has 0 spiro atoms. The van der Waals surface area contributed by atoms with Crippen LogP contribution in [-0.2, 0) is 0 Å². The fraction of sp³-hybridized carbons (Fsp3) is 1.00. The third kappa shape index (κ3) is 2.59. The summed E-state index contributed by atoms with van der Waals surface area (Å²) in [6.07, 6.45) is -12.7. The smallest absolute Gasteiger partial charge is 0.110 e. The van der Waals surface area contributed by atoms with Gasteiger partial charge in [0.1, 0.15) is 18.2 Å². The molecule has 0 aliphatic rings. The zero-order chi connectivity index (χ0) is 14.5. The maximum atomic E-state index is 9.23. The Hall–Kier alpha value is -0.200. The van der Waals surface area contributed by atoms with E-state index in [1.165, 1.54) is 0 Å². The van der Waals surface area contributed by atoms with Gasteiger partial charge >= 0.3 is 0 Å². The average Bonchev–Trinajstić information content (AvgIpc) is 1.98. The lowest BCUT2D eigenvalue weighted by Gasteiger charge is -2.19. The maximum Gasteiger partial charge on any atom is 0.110 e. The zero-order valence-electron chi connectivity index (χ0n) is 11.7. The highest BCUT2D eigenvalue weighted by Crippen LogP contribution is 1.97. The SMILES string of the molecule is [2H][13C]([2H])(O)[13C@]([2H])(O)[13C]([2H])(O)[13C@]([2H])(O)[13C]([2H])([2H])O. The molecule has 62 valence electrons. The van der Waals surface area contributed by atoms with Gasteiger partial charge in [0.2, 0.25) is 0 Å². The third-order valence-corrected chi connectivity index (χ3v) is 0.660. The Balaban J connectivity index is 5.73. The number of rotatable bonds is 4. The summed E-state index contributed by atoms with van der Waals surface area (Å²) < 4.78 is 46.9. The van der Waals surface area contributed by atoms with Crippen LogP contribution >= 0.6 is 0 Å². The molecule has 0 radical (unpaired) electrons. The molecule has 5 N–H and O–H groups in total. The lowest BCUT2D eigenvalue weighted by Crippen LogP contribution is -2.41. The Bertz CT molecular complexity index is 262. The molecule has 5 nitrogen and oxygen atoms in total. The van der Waals surface area contributed by atoms with Gasteiger partial charge in [0.05, 0.1) is 22.7 Å². The van der Waals surface area contributed by atoms with Gasteiger partial charge in [-0.05, 0) is 0 Å². The van der Waals surface area contributed by atoms with Crippen LogP contribution in [0.4, 0.5) is 0 Å². The van der Waals surface area contributed by atoms with Crippen LogP contribution in [0.5, 0.6) is 0 Å². The van der Waals surface area contributed by atoms with E-state index in [0.717, 1.165) is 0 Å². The van der Waals surface area contributed by atoms with Crippen molar-refractivity contribution >= 4 is 0 Å². The van der Waals surface area contributed by atoms with Gasteiger partial charge in [-0.1, -0.05) is 0 Å². The minimum atomic E-state index is -4.30. The van der Waals surface area contributed by atoms with Crippen LogP contribution in [0, 0.1) is 0 Å². The summed E-state index contributed by atoms with van der Waals surface area (Å²) in [6.45, 7) is -7.94. The number of hydrogen-bond donors (Lipinski definition) is 5. The molecule has 0 fully saturated rings. The molecule has 0 aliphatic carbocycles. The molecule has 0 bridgehead atoms. The minimum Gasteiger partial charge on any atom is -0.394 e. The van der Waals surface area contributed by atoms with Crippen LogP contribution in [0.1, 0.15) is 9.60 Å². The molecule has 0 saturated heterocycles. The Kier molecular flexibility index (Phi) is 1.40. The van der Waals surface area contributed by atoms with Crippen molar-refractivity contribution in [3.05, 3.63) is 0 Å². The molecular formula is C5H12O5. The third-order valence-electron chi connectivity index (χ3n) is 0.660. The lowest BCUT2D eigenvalue weighted by atomic mass is 11.1. The molecule has 3 atom stereocenters. The Morgan fingerprint density at radius 1 is 1.10 bits per heavy atom. The Labute approximate surface area is 68.0 Å². The van der Waals surface area contributed by atoms with E-state index in [0.29, 0.717) is 0 Å². The van der Waals surface area contributed by atoms with E-state index in [-0.39, 0.29) is 0 Å². The monoisotopic (exact) mass is 164 g/mol. The molecule has 0 heterocycles. The molecule has 5 heteroatoms. The second-order valence-electron chi connectivity index (χ2n) is 1.27. The molecule has 0 saturated carbocycles. The quantitative estimate of drug-likeness (QED) is 0.286. The maximum absolute atomic E-state index is 9.23. The predicted octanol–water partition coefficient (Wildman–Crippen LogP) is -2.95. The molecule has 10 heavy (non-hydrogen) atoms. The second-order valence-corrected chi connectivity index (χ2v) is 1.27. The Morgan fingerprint density at radius 3 is 1.60 bits per heavy atom. The van der Waals surface area contributed by atoms with Gasteiger partial charge in [-0.2, -0.15) is 0 Å². The van der Waals surface area contributed by atoms with E-state index in [1.54, 1.807) is 0 Å². The predicted molar refractivity (Wildman–Crippen MR) is 32.2 cm³/mol. The van der Waals surface area contributed by atoms with Gasteiger partial charge in [0.25, 0.3) is 0 Å². The van der Waals surface area contributed by atoms with Crippen LogP contribution in [-0.4, -0.2) is 56.9 Å². The summed E-state index contributed by atoms with van der Waals surface area (Å²) >= 11 is 0. The first-order valence-electron chi connectivity index (χ1n) is 5.62. The van der Waals surface area contributed by atoms with E-state index < -0.39 is 31.4 Å². The van der Waals surface area contributed by atoms with Gasteiger partial charge in [-0.3, -0.25) is 0 Å². The van der Waals surface area contributed by atoms with E-state index in [1.807, 2.05) is 0 Å². The summed E-state index contributed by atoms with van der Waals surface area (Å²) in [5, 5.41) is 44.9. The van der Waals surface area contributed by atoms with Gasteiger partial charge in [-0.15, -0.1) is 0 Å². The molecule has 0 aromatic rings. The molecular weight excluding hydrogens is 145 g/mol. The van der Waals surface area contributed by atoms with Gasteiger partial charge < -0.3 is 25.5 Å².